The highest BCUT2D eigenvalue weighted by atomic mass is 19.1. The van der Waals surface area contributed by atoms with Crippen LogP contribution in [-0.2, 0) is 0 Å². The number of halogens is 1. The molecule has 1 saturated heterocycles. The fraction of sp³-hybridized carbons (Fsp3) is 0.364. The molecule has 0 unspecified atom stereocenters. The van der Waals surface area contributed by atoms with Crippen LogP contribution in [0.1, 0.15) is 0 Å². The second-order valence-corrected chi connectivity index (χ2v) is 4.08. The molecule has 18 heavy (non-hydrogen) atoms. The van der Waals surface area contributed by atoms with Gasteiger partial charge in [-0.1, -0.05) is 0 Å². The predicted molar refractivity (Wildman–Crippen MR) is 64.7 cm³/mol. The number of rotatable bonds is 2. The lowest BCUT2D eigenvalue weighted by molar-refractivity contribution is 0.580. The Bertz CT molecular complexity index is 534. The van der Waals surface area contributed by atoms with E-state index in [1.165, 1.54) is 12.4 Å². The van der Waals surface area contributed by atoms with Gasteiger partial charge in [0, 0.05) is 32.4 Å². The van der Waals surface area contributed by atoms with E-state index in [2.05, 4.69) is 30.4 Å². The summed E-state index contributed by atoms with van der Waals surface area (Å²) in [4.78, 5) is 10.1. The number of aromatic nitrogens is 4. The van der Waals surface area contributed by atoms with Gasteiger partial charge in [-0.3, -0.25) is 10.1 Å². The summed E-state index contributed by atoms with van der Waals surface area (Å²) in [7, 11) is 0. The van der Waals surface area contributed by atoms with E-state index in [0.717, 1.165) is 26.2 Å². The quantitative estimate of drug-likeness (QED) is 0.806. The van der Waals surface area contributed by atoms with Crippen molar-refractivity contribution in [2.45, 2.75) is 0 Å². The highest BCUT2D eigenvalue weighted by Crippen LogP contribution is 2.19. The smallest absolute Gasteiger partial charge is 0.245 e. The Morgan fingerprint density at radius 1 is 1.28 bits per heavy atom. The molecule has 2 aromatic rings. The van der Waals surface area contributed by atoms with Crippen molar-refractivity contribution in [2.75, 3.05) is 31.1 Å². The molecule has 0 aromatic carbocycles. The summed E-state index contributed by atoms with van der Waals surface area (Å²) in [5.74, 6) is 0.645. The van der Waals surface area contributed by atoms with E-state index < -0.39 is 5.82 Å². The molecular formula is C11H13FN6. The second kappa shape index (κ2) is 4.69. The summed E-state index contributed by atoms with van der Waals surface area (Å²) in [5, 5.41) is 10.2. The monoisotopic (exact) mass is 248 g/mol. The summed E-state index contributed by atoms with van der Waals surface area (Å²) in [6, 6.07) is 1.58. The summed E-state index contributed by atoms with van der Waals surface area (Å²) < 4.78 is 13.6. The van der Waals surface area contributed by atoms with E-state index in [0.29, 0.717) is 17.3 Å². The second-order valence-electron chi connectivity index (χ2n) is 4.08. The van der Waals surface area contributed by atoms with Crippen LogP contribution in [0.5, 0.6) is 0 Å². The van der Waals surface area contributed by atoms with Crippen LogP contribution in [0.3, 0.4) is 0 Å². The minimum absolute atomic E-state index is 0.388. The van der Waals surface area contributed by atoms with Gasteiger partial charge in [0.15, 0.2) is 11.6 Å². The average molecular weight is 248 g/mol. The number of hydrogen-bond donors (Lipinski definition) is 2. The van der Waals surface area contributed by atoms with Crippen molar-refractivity contribution in [3.8, 4) is 11.4 Å². The van der Waals surface area contributed by atoms with Gasteiger partial charge in [-0.15, -0.1) is 5.10 Å². The first-order valence-electron chi connectivity index (χ1n) is 5.82. The largest absolute Gasteiger partial charge is 0.337 e. The van der Waals surface area contributed by atoms with Crippen LogP contribution in [-0.4, -0.2) is 46.3 Å². The molecule has 0 amide bonds. The Labute approximate surface area is 103 Å². The minimum Gasteiger partial charge on any atom is -0.337 e. The molecule has 0 bridgehead atoms. The molecule has 1 aliphatic rings. The highest BCUT2D eigenvalue weighted by molar-refractivity contribution is 5.56. The third-order valence-electron chi connectivity index (χ3n) is 2.90. The number of nitrogens with zero attached hydrogens (tertiary/aromatic N) is 4. The van der Waals surface area contributed by atoms with E-state index in [9.17, 15) is 4.39 Å². The molecule has 3 heterocycles. The van der Waals surface area contributed by atoms with Crippen molar-refractivity contribution in [3.63, 3.8) is 0 Å². The Morgan fingerprint density at radius 2 is 2.11 bits per heavy atom. The first-order chi connectivity index (χ1) is 8.84. The Hall–Kier alpha value is -2.02. The van der Waals surface area contributed by atoms with Crippen molar-refractivity contribution in [1.82, 2.24) is 25.5 Å². The number of hydrogen-bond acceptors (Lipinski definition) is 5. The average Bonchev–Trinajstić information content (AvgIpc) is 2.90. The van der Waals surface area contributed by atoms with E-state index in [1.54, 1.807) is 6.07 Å². The third kappa shape index (κ3) is 2.04. The number of nitrogens with one attached hydrogen (secondary N) is 2. The lowest BCUT2D eigenvalue weighted by Crippen LogP contribution is -2.44. The van der Waals surface area contributed by atoms with Gasteiger partial charge in [0.1, 0.15) is 0 Å². The van der Waals surface area contributed by atoms with Crippen LogP contribution in [0.25, 0.3) is 11.4 Å². The molecule has 2 N–H and O–H groups in total. The maximum Gasteiger partial charge on any atom is 0.245 e. The standard InChI is InChI=1S/C11H13FN6/c12-9-7-14-2-1-8(9)10-15-11(17-16-10)18-5-3-13-4-6-18/h1-2,7,13H,3-6H2,(H,15,16,17). The van der Waals surface area contributed by atoms with Gasteiger partial charge in [0.25, 0.3) is 0 Å². The Balaban J connectivity index is 1.87. The fourth-order valence-corrected chi connectivity index (χ4v) is 1.95. The number of pyridine rings is 1. The van der Waals surface area contributed by atoms with Crippen LogP contribution in [0.2, 0.25) is 0 Å². The van der Waals surface area contributed by atoms with Crippen LogP contribution in [0.15, 0.2) is 18.5 Å². The van der Waals surface area contributed by atoms with Gasteiger partial charge in [0.05, 0.1) is 11.8 Å². The number of anilines is 1. The fourth-order valence-electron chi connectivity index (χ4n) is 1.95. The molecule has 7 heteroatoms. The first-order valence-corrected chi connectivity index (χ1v) is 5.82. The van der Waals surface area contributed by atoms with Crippen molar-refractivity contribution in [2.24, 2.45) is 0 Å². The highest BCUT2D eigenvalue weighted by Gasteiger charge is 2.16. The van der Waals surface area contributed by atoms with Gasteiger partial charge in [0.2, 0.25) is 5.95 Å². The molecule has 94 valence electrons. The maximum absolute atomic E-state index is 13.6. The van der Waals surface area contributed by atoms with E-state index in [4.69, 9.17) is 0 Å². The van der Waals surface area contributed by atoms with Gasteiger partial charge in [-0.25, -0.2) is 4.39 Å². The summed E-state index contributed by atoms with van der Waals surface area (Å²) in [5.41, 5.74) is 0.388. The summed E-state index contributed by atoms with van der Waals surface area (Å²) in [6.07, 6.45) is 2.70. The molecule has 0 aliphatic carbocycles. The lowest BCUT2D eigenvalue weighted by atomic mass is 10.2. The van der Waals surface area contributed by atoms with Gasteiger partial charge < -0.3 is 10.2 Å². The molecule has 0 radical (unpaired) electrons. The molecule has 6 nitrogen and oxygen atoms in total. The minimum atomic E-state index is -0.402. The van der Waals surface area contributed by atoms with Crippen molar-refractivity contribution >= 4 is 5.95 Å². The zero-order valence-electron chi connectivity index (χ0n) is 9.73. The van der Waals surface area contributed by atoms with E-state index in [-0.39, 0.29) is 0 Å². The normalized spacial score (nSPS) is 15.9. The number of H-pyrrole nitrogens is 1. The third-order valence-corrected chi connectivity index (χ3v) is 2.90. The number of piperazine rings is 1. The van der Waals surface area contributed by atoms with Gasteiger partial charge in [-0.2, -0.15) is 4.98 Å². The molecule has 0 atom stereocenters. The molecule has 3 rings (SSSR count). The van der Waals surface area contributed by atoms with Crippen LogP contribution in [0.4, 0.5) is 10.3 Å². The van der Waals surface area contributed by atoms with Gasteiger partial charge in [-0.05, 0) is 6.07 Å². The Kier molecular flexibility index (Phi) is 2.89. The van der Waals surface area contributed by atoms with Crippen LogP contribution >= 0.6 is 0 Å². The molecule has 0 spiro atoms. The molecular weight excluding hydrogens is 235 g/mol. The van der Waals surface area contributed by atoms with Crippen molar-refractivity contribution in [3.05, 3.63) is 24.3 Å². The SMILES string of the molecule is Fc1cnccc1-c1nc(N2CCNCC2)n[nH]1. The molecule has 0 saturated carbocycles. The van der Waals surface area contributed by atoms with Crippen molar-refractivity contribution < 1.29 is 4.39 Å². The molecule has 1 aliphatic heterocycles. The zero-order valence-corrected chi connectivity index (χ0v) is 9.73. The van der Waals surface area contributed by atoms with E-state index >= 15 is 0 Å². The number of aromatic amines is 1. The molecule has 1 fully saturated rings. The summed E-state index contributed by atoms with van der Waals surface area (Å²) >= 11 is 0. The maximum atomic E-state index is 13.6. The predicted octanol–water partition coefficient (Wildman–Crippen LogP) is 0.415. The first kappa shape index (κ1) is 11.1. The lowest BCUT2D eigenvalue weighted by Gasteiger charge is -2.25. The van der Waals surface area contributed by atoms with E-state index in [1.807, 2.05) is 0 Å². The Morgan fingerprint density at radius 3 is 2.89 bits per heavy atom. The van der Waals surface area contributed by atoms with Crippen molar-refractivity contribution in [1.29, 1.82) is 0 Å². The summed E-state index contributed by atoms with van der Waals surface area (Å²) in [6.45, 7) is 3.53. The van der Waals surface area contributed by atoms with Crippen LogP contribution in [0, 0.1) is 5.82 Å². The zero-order chi connectivity index (χ0) is 12.4. The van der Waals surface area contributed by atoms with Gasteiger partial charge >= 0.3 is 0 Å². The van der Waals surface area contributed by atoms with Crippen LogP contribution < -0.4 is 10.2 Å². The topological polar surface area (TPSA) is 69.7 Å². The molecule has 2 aromatic heterocycles.